The normalized spacial score (nSPS) is 13.5. The maximum atomic E-state index is 9.36. The number of hydrogen-bond acceptors (Lipinski definition) is 4. The first-order chi connectivity index (χ1) is 23.4. The fraction of sp³-hybridized carbons (Fsp3) is 0.105. The molecule has 0 saturated heterocycles. The van der Waals surface area contributed by atoms with E-state index in [2.05, 4.69) is 25.6 Å². The van der Waals surface area contributed by atoms with Crippen molar-refractivity contribution < 1.29 is 8.22 Å². The van der Waals surface area contributed by atoms with E-state index >= 15 is 0 Å². The highest BCUT2D eigenvalue weighted by atomic mass is 32.1. The van der Waals surface area contributed by atoms with Crippen LogP contribution < -0.4 is 0 Å². The highest BCUT2D eigenvalue weighted by Gasteiger charge is 2.17. The van der Waals surface area contributed by atoms with Gasteiger partial charge in [-0.15, -0.1) is 11.3 Å². The number of benzene rings is 5. The molecule has 0 N–H and O–H groups in total. The van der Waals surface area contributed by atoms with Gasteiger partial charge in [-0.25, -0.2) is 19.8 Å². The Labute approximate surface area is 263 Å². The molecule has 0 aliphatic heterocycles. The minimum atomic E-state index is -0.283. The molecule has 0 atom stereocenters. The van der Waals surface area contributed by atoms with Gasteiger partial charge in [0.25, 0.3) is 0 Å². The van der Waals surface area contributed by atoms with Crippen LogP contribution in [0.5, 0.6) is 0 Å². The van der Waals surface area contributed by atoms with Gasteiger partial charge in [-0.3, -0.25) is 0 Å². The van der Waals surface area contributed by atoms with E-state index in [-0.39, 0.29) is 75.2 Å². The lowest BCUT2D eigenvalue weighted by Crippen LogP contribution is -2.10. The van der Waals surface area contributed by atoms with Crippen molar-refractivity contribution in [3.05, 3.63) is 132 Å². The Hall–Kier alpha value is -5.18. The fourth-order valence-corrected chi connectivity index (χ4v) is 5.77. The van der Waals surface area contributed by atoms with Gasteiger partial charge >= 0.3 is 0 Å². The molecule has 7 rings (SSSR count). The summed E-state index contributed by atoms with van der Waals surface area (Å²) in [5.41, 5.74) is 3.76. The van der Waals surface area contributed by atoms with Gasteiger partial charge in [0.05, 0.1) is 14.8 Å². The van der Waals surface area contributed by atoms with Crippen molar-refractivity contribution in [2.75, 3.05) is 0 Å². The second-order valence-corrected chi connectivity index (χ2v) is 12.2. The molecule has 0 fully saturated rings. The summed E-state index contributed by atoms with van der Waals surface area (Å²) >= 11 is 1.07. The molecule has 5 heteroatoms. The monoisotopic (exact) mass is 578 g/mol. The second-order valence-electron chi connectivity index (χ2n) is 11.2. The first-order valence-corrected chi connectivity index (χ1v) is 14.6. The minimum absolute atomic E-state index is 0.0141. The molecule has 43 heavy (non-hydrogen) atoms. The van der Waals surface area contributed by atoms with Gasteiger partial charge in [-0.05, 0) is 40.2 Å². The molecule has 2 heterocycles. The van der Waals surface area contributed by atoms with Gasteiger partial charge in [0, 0.05) is 36.9 Å². The van der Waals surface area contributed by atoms with Crippen LogP contribution in [0.1, 0.15) is 34.6 Å². The van der Waals surface area contributed by atoms with E-state index < -0.39 is 0 Å². The summed E-state index contributed by atoms with van der Waals surface area (Å²) in [6, 6.07) is 22.9. The number of hydrogen-bond donors (Lipinski definition) is 0. The van der Waals surface area contributed by atoms with Crippen LogP contribution in [-0.4, -0.2) is 15.0 Å². The SMILES string of the molecule is [2H]c1c(-c2ccccc2)c([2H])c2c(sc3c([2H])c(-c4nc(-c5ccc([N+]#[C-])cc5)nc(-c5ccc(C(C)(C)C)cc5)n4)c([2H])c([2H])c32)c1[2H]. The van der Waals surface area contributed by atoms with Crippen molar-refractivity contribution in [1.29, 1.82) is 0 Å². The molecule has 0 aliphatic carbocycles. The van der Waals surface area contributed by atoms with Crippen molar-refractivity contribution in [2.24, 2.45) is 0 Å². The lowest BCUT2D eigenvalue weighted by Gasteiger charge is -2.19. The van der Waals surface area contributed by atoms with Gasteiger partial charge in [0.15, 0.2) is 23.2 Å². The Morgan fingerprint density at radius 3 is 1.84 bits per heavy atom. The smallest absolute Gasteiger partial charge is 0.187 e. The van der Waals surface area contributed by atoms with Crippen LogP contribution in [0, 0.1) is 6.57 Å². The van der Waals surface area contributed by atoms with Gasteiger partial charge in [0.2, 0.25) is 0 Å². The Morgan fingerprint density at radius 1 is 0.605 bits per heavy atom. The summed E-state index contributed by atoms with van der Waals surface area (Å²) in [7, 11) is 0. The van der Waals surface area contributed by atoms with E-state index in [1.165, 1.54) is 0 Å². The quantitative estimate of drug-likeness (QED) is 0.195. The number of fused-ring (bicyclic) bond motifs is 3. The van der Waals surface area contributed by atoms with Crippen molar-refractivity contribution in [1.82, 2.24) is 15.0 Å². The third-order valence-electron chi connectivity index (χ3n) is 7.20. The van der Waals surface area contributed by atoms with E-state index in [0.29, 0.717) is 37.6 Å². The molecule has 5 aromatic carbocycles. The minimum Gasteiger partial charge on any atom is -0.238 e. The topological polar surface area (TPSA) is 43.0 Å². The van der Waals surface area contributed by atoms with Crippen LogP contribution >= 0.6 is 11.3 Å². The molecule has 0 spiro atoms. The average Bonchev–Trinajstić information content (AvgIpc) is 3.52. The Bertz CT molecular complexity index is 2480. The van der Waals surface area contributed by atoms with E-state index in [1.54, 1.807) is 48.5 Å². The summed E-state index contributed by atoms with van der Waals surface area (Å²) < 4.78 is 55.1. The highest BCUT2D eigenvalue weighted by Crippen LogP contribution is 2.38. The van der Waals surface area contributed by atoms with Gasteiger partial charge < -0.3 is 0 Å². The van der Waals surface area contributed by atoms with Gasteiger partial charge in [-0.2, -0.15) is 0 Å². The second kappa shape index (κ2) is 10.6. The molecule has 4 nitrogen and oxygen atoms in total. The number of aromatic nitrogens is 3. The predicted molar refractivity (Wildman–Crippen MR) is 179 cm³/mol. The molecule has 0 amide bonds. The van der Waals surface area contributed by atoms with Crippen LogP contribution in [-0.2, 0) is 5.41 Å². The van der Waals surface area contributed by atoms with E-state index in [1.807, 2.05) is 30.3 Å². The molecular weight excluding hydrogens is 545 g/mol. The first kappa shape index (κ1) is 20.7. The lowest BCUT2D eigenvalue weighted by molar-refractivity contribution is 0.590. The van der Waals surface area contributed by atoms with Crippen LogP contribution in [0.2, 0.25) is 0 Å². The molecule has 2 aromatic heterocycles. The van der Waals surface area contributed by atoms with Crippen LogP contribution in [0.4, 0.5) is 5.69 Å². The molecule has 0 radical (unpaired) electrons. The maximum Gasteiger partial charge on any atom is 0.187 e. The summed E-state index contributed by atoms with van der Waals surface area (Å²) in [4.78, 5) is 17.7. The van der Waals surface area contributed by atoms with Crippen molar-refractivity contribution >= 4 is 37.2 Å². The van der Waals surface area contributed by atoms with Crippen molar-refractivity contribution in [3.8, 4) is 45.3 Å². The molecule has 7 aromatic rings. The zero-order chi connectivity index (χ0) is 34.8. The summed E-state index contributed by atoms with van der Waals surface area (Å²) in [6.07, 6.45) is 0. The van der Waals surface area contributed by atoms with Crippen LogP contribution in [0.25, 0.3) is 70.3 Å². The number of rotatable bonds is 4. The highest BCUT2D eigenvalue weighted by molar-refractivity contribution is 7.25. The van der Waals surface area contributed by atoms with Crippen LogP contribution in [0.3, 0.4) is 0 Å². The third kappa shape index (κ3) is 5.18. The molecule has 0 saturated carbocycles. The Balaban J connectivity index is 1.50. The summed E-state index contributed by atoms with van der Waals surface area (Å²) in [5.74, 6) is 0.650. The zero-order valence-electron chi connectivity index (χ0n) is 29.7. The van der Waals surface area contributed by atoms with E-state index in [9.17, 15) is 4.11 Å². The maximum absolute atomic E-state index is 9.36. The van der Waals surface area contributed by atoms with Gasteiger partial charge in [0.1, 0.15) is 0 Å². The number of nitrogens with zero attached hydrogens (tertiary/aromatic N) is 4. The third-order valence-corrected chi connectivity index (χ3v) is 8.22. The van der Waals surface area contributed by atoms with Crippen LogP contribution in [0.15, 0.2) is 115 Å². The first-order valence-electron chi connectivity index (χ1n) is 16.8. The molecule has 0 unspecified atom stereocenters. The number of thiophene rings is 1. The average molecular weight is 579 g/mol. The Kier molecular flexibility index (Phi) is 5.08. The fourth-order valence-electron chi connectivity index (χ4n) is 4.80. The van der Waals surface area contributed by atoms with E-state index in [4.69, 9.17) is 25.6 Å². The molecule has 0 aliphatic rings. The predicted octanol–water partition coefficient (Wildman–Crippen LogP) is 10.8. The Morgan fingerprint density at radius 2 is 1.21 bits per heavy atom. The zero-order valence-corrected chi connectivity index (χ0v) is 24.5. The summed E-state index contributed by atoms with van der Waals surface area (Å²) in [6.45, 7) is 13.7. The lowest BCUT2D eigenvalue weighted by atomic mass is 9.87. The van der Waals surface area contributed by atoms with Crippen molar-refractivity contribution in [2.45, 2.75) is 26.2 Å². The summed E-state index contributed by atoms with van der Waals surface area (Å²) in [5, 5.41) is 0.519. The van der Waals surface area contributed by atoms with E-state index in [0.717, 1.165) is 16.9 Å². The van der Waals surface area contributed by atoms with Crippen molar-refractivity contribution in [3.63, 3.8) is 0 Å². The standard InChI is InChI=1S/C38H28N4S/c1-38(2,3)29-16-10-25(11-17-29)35-40-36(26-12-18-30(39-4)19-13-26)42-37(41-35)28-14-20-31-32-22-27(24-8-6-5-7-9-24)15-21-33(32)43-34(31)23-28/h5-23H,1-3H3/i14D,15D,20D,21D,22D,23D. The largest absolute Gasteiger partial charge is 0.238 e. The van der Waals surface area contributed by atoms with Gasteiger partial charge in [-0.1, -0.05) is 118 Å². The molecule has 0 bridgehead atoms. The molecular formula is C38H28N4S. The molecule has 206 valence electrons.